The molecule has 1 heterocycles. The average molecular weight is 377 g/mol. The molecule has 26 heavy (non-hydrogen) atoms. The van der Waals surface area contributed by atoms with Gasteiger partial charge in [0.1, 0.15) is 0 Å². The molecule has 0 amide bonds. The number of allylic oxidation sites excluding steroid dienone is 2. The van der Waals surface area contributed by atoms with E-state index in [0.717, 1.165) is 25.6 Å². The highest BCUT2D eigenvalue weighted by Gasteiger charge is 2.37. The molecule has 0 spiro atoms. The normalized spacial score (nSPS) is 29.3. The van der Waals surface area contributed by atoms with Gasteiger partial charge in [-0.25, -0.2) is 8.42 Å². The predicted molar refractivity (Wildman–Crippen MR) is 97.1 cm³/mol. The van der Waals surface area contributed by atoms with Crippen LogP contribution < -0.4 is 0 Å². The second kappa shape index (κ2) is 6.75. The van der Waals surface area contributed by atoms with Gasteiger partial charge in [0.05, 0.1) is 9.82 Å². The van der Waals surface area contributed by atoms with Crippen LogP contribution in [-0.2, 0) is 10.0 Å². The van der Waals surface area contributed by atoms with E-state index in [1.54, 1.807) is 0 Å². The summed E-state index contributed by atoms with van der Waals surface area (Å²) < 4.78 is 27.0. The van der Waals surface area contributed by atoms with Crippen molar-refractivity contribution in [3.05, 3.63) is 46.5 Å². The van der Waals surface area contributed by atoms with Gasteiger partial charge in [-0.15, -0.1) is 0 Å². The molecule has 1 aromatic carbocycles. The Hall–Kier alpha value is -1.77. The van der Waals surface area contributed by atoms with Crippen LogP contribution in [0.3, 0.4) is 0 Å². The lowest BCUT2D eigenvalue weighted by Crippen LogP contribution is -2.49. The third kappa shape index (κ3) is 3.28. The molecular weight excluding hydrogens is 354 g/mol. The minimum atomic E-state index is -3.59. The molecule has 2 fully saturated rings. The lowest BCUT2D eigenvalue weighted by molar-refractivity contribution is -0.384. The maximum atomic E-state index is 12.8. The summed E-state index contributed by atoms with van der Waals surface area (Å²) in [5, 5.41) is 10.7. The summed E-state index contributed by atoms with van der Waals surface area (Å²) in [5.74, 6) is 2.18. The van der Waals surface area contributed by atoms with Crippen LogP contribution in [0, 0.1) is 27.9 Å². The van der Waals surface area contributed by atoms with Gasteiger partial charge in [0.2, 0.25) is 10.0 Å². The van der Waals surface area contributed by atoms with Gasteiger partial charge in [-0.3, -0.25) is 10.1 Å². The third-order valence-corrected chi connectivity index (χ3v) is 7.84. The first-order valence-electron chi connectivity index (χ1n) is 9.09. The summed E-state index contributed by atoms with van der Waals surface area (Å²) in [6, 6.07) is 5.13. The first kappa shape index (κ1) is 17.6. The number of nitrogens with zero attached hydrogens (tertiary/aromatic N) is 3. The number of nitro groups is 1. The van der Waals surface area contributed by atoms with Gasteiger partial charge < -0.3 is 4.90 Å². The second-order valence-corrected chi connectivity index (χ2v) is 9.43. The summed E-state index contributed by atoms with van der Waals surface area (Å²) in [5.41, 5.74) is -0.103. The summed E-state index contributed by atoms with van der Waals surface area (Å²) in [4.78, 5) is 12.7. The molecule has 3 atom stereocenters. The van der Waals surface area contributed by atoms with Crippen LogP contribution in [0.1, 0.15) is 12.8 Å². The van der Waals surface area contributed by atoms with Crippen molar-refractivity contribution in [3.8, 4) is 0 Å². The Morgan fingerprint density at radius 2 is 1.73 bits per heavy atom. The van der Waals surface area contributed by atoms with E-state index < -0.39 is 14.9 Å². The highest BCUT2D eigenvalue weighted by atomic mass is 32.2. The van der Waals surface area contributed by atoms with Crippen LogP contribution in [0.25, 0.3) is 0 Å². The maximum Gasteiger partial charge on any atom is 0.269 e. The predicted octanol–water partition coefficient (Wildman–Crippen LogP) is 2.11. The van der Waals surface area contributed by atoms with Crippen molar-refractivity contribution in [1.82, 2.24) is 9.21 Å². The van der Waals surface area contributed by atoms with E-state index in [4.69, 9.17) is 0 Å². The first-order chi connectivity index (χ1) is 12.4. The van der Waals surface area contributed by atoms with Crippen LogP contribution in [0.5, 0.6) is 0 Å². The average Bonchev–Trinajstić information content (AvgIpc) is 3.25. The molecule has 7 nitrogen and oxygen atoms in total. The fourth-order valence-electron chi connectivity index (χ4n) is 4.48. The van der Waals surface area contributed by atoms with Crippen molar-refractivity contribution in [2.75, 3.05) is 32.7 Å². The van der Waals surface area contributed by atoms with E-state index in [1.807, 2.05) is 0 Å². The fraction of sp³-hybridized carbons (Fsp3) is 0.556. The Kier molecular flexibility index (Phi) is 4.58. The molecule has 0 radical (unpaired) electrons. The largest absolute Gasteiger partial charge is 0.300 e. The highest BCUT2D eigenvalue weighted by Crippen LogP contribution is 2.43. The molecule has 3 aliphatic rings. The highest BCUT2D eigenvalue weighted by molar-refractivity contribution is 7.89. The van der Waals surface area contributed by atoms with Crippen LogP contribution in [0.4, 0.5) is 5.69 Å². The third-order valence-electron chi connectivity index (χ3n) is 5.93. The molecule has 140 valence electrons. The summed E-state index contributed by atoms with van der Waals surface area (Å²) in [6.07, 6.45) is 7.26. The molecule has 2 aliphatic carbocycles. The van der Waals surface area contributed by atoms with E-state index in [0.29, 0.717) is 24.9 Å². The van der Waals surface area contributed by atoms with Crippen LogP contribution in [-0.4, -0.2) is 55.3 Å². The Bertz CT molecular complexity index is 813. The molecule has 1 saturated heterocycles. The van der Waals surface area contributed by atoms with E-state index in [9.17, 15) is 18.5 Å². The number of sulfonamides is 1. The van der Waals surface area contributed by atoms with Gasteiger partial charge >= 0.3 is 0 Å². The van der Waals surface area contributed by atoms with Crippen LogP contribution >= 0.6 is 0 Å². The van der Waals surface area contributed by atoms with Gasteiger partial charge in [0, 0.05) is 44.9 Å². The van der Waals surface area contributed by atoms with Crippen molar-refractivity contribution in [3.63, 3.8) is 0 Å². The molecular formula is C18H23N3O4S. The quantitative estimate of drug-likeness (QED) is 0.446. The van der Waals surface area contributed by atoms with Gasteiger partial charge in [0.25, 0.3) is 5.69 Å². The van der Waals surface area contributed by atoms with Crippen molar-refractivity contribution >= 4 is 15.7 Å². The molecule has 1 aliphatic heterocycles. The van der Waals surface area contributed by atoms with Crippen molar-refractivity contribution < 1.29 is 13.3 Å². The topological polar surface area (TPSA) is 83.8 Å². The standard InChI is InChI=1S/C18H23N3O4S/c22-21(23)17-3-5-18(6-4-17)26(24,25)20-9-7-19(8-10-20)13-16-12-14-1-2-15(16)11-14/h1-6,14-16H,7-13H2/t14-,15-,16+/m0/s1. The van der Waals surface area contributed by atoms with Gasteiger partial charge in [-0.2, -0.15) is 4.31 Å². The monoisotopic (exact) mass is 377 g/mol. The number of hydrogen-bond acceptors (Lipinski definition) is 5. The maximum absolute atomic E-state index is 12.8. The van der Waals surface area contributed by atoms with E-state index in [1.165, 1.54) is 41.4 Å². The number of nitro benzene ring substituents is 1. The van der Waals surface area contributed by atoms with Gasteiger partial charge in [0.15, 0.2) is 0 Å². The Balaban J connectivity index is 1.36. The smallest absolute Gasteiger partial charge is 0.269 e. The summed E-state index contributed by atoms with van der Waals surface area (Å²) in [7, 11) is -3.59. The first-order valence-corrected chi connectivity index (χ1v) is 10.5. The second-order valence-electron chi connectivity index (χ2n) is 7.50. The summed E-state index contributed by atoms with van der Waals surface area (Å²) in [6.45, 7) is 3.47. The van der Waals surface area contributed by atoms with Gasteiger partial charge in [-0.05, 0) is 42.7 Å². The number of benzene rings is 1. The number of piperazine rings is 1. The lowest BCUT2D eigenvalue weighted by atomic mass is 9.93. The SMILES string of the molecule is O=[N+]([O-])c1ccc(S(=O)(=O)N2CCN(C[C@H]3C[C@H]4C=C[C@H]3C4)CC2)cc1. The Morgan fingerprint density at radius 3 is 2.27 bits per heavy atom. The molecule has 4 rings (SSSR count). The zero-order valence-electron chi connectivity index (χ0n) is 14.5. The molecule has 8 heteroatoms. The van der Waals surface area contributed by atoms with E-state index >= 15 is 0 Å². The van der Waals surface area contributed by atoms with Crippen LogP contribution in [0.2, 0.25) is 0 Å². The van der Waals surface area contributed by atoms with Crippen molar-refractivity contribution in [1.29, 1.82) is 0 Å². The minimum absolute atomic E-state index is 0.103. The number of hydrogen-bond donors (Lipinski definition) is 0. The van der Waals surface area contributed by atoms with Crippen molar-refractivity contribution in [2.24, 2.45) is 17.8 Å². The Morgan fingerprint density at radius 1 is 1.04 bits per heavy atom. The molecule has 1 aromatic rings. The molecule has 0 N–H and O–H groups in total. The number of non-ortho nitro benzene ring substituents is 1. The lowest BCUT2D eigenvalue weighted by Gasteiger charge is -2.36. The minimum Gasteiger partial charge on any atom is -0.300 e. The molecule has 0 unspecified atom stereocenters. The molecule has 0 aromatic heterocycles. The van der Waals surface area contributed by atoms with Gasteiger partial charge in [-0.1, -0.05) is 12.2 Å². The van der Waals surface area contributed by atoms with E-state index in [-0.39, 0.29) is 10.6 Å². The fourth-order valence-corrected chi connectivity index (χ4v) is 5.90. The number of fused-ring (bicyclic) bond motifs is 2. The van der Waals surface area contributed by atoms with Crippen molar-refractivity contribution in [2.45, 2.75) is 17.7 Å². The zero-order valence-corrected chi connectivity index (χ0v) is 15.3. The Labute approximate surface area is 153 Å². The zero-order chi connectivity index (χ0) is 18.3. The van der Waals surface area contributed by atoms with Crippen LogP contribution in [0.15, 0.2) is 41.3 Å². The number of rotatable bonds is 5. The van der Waals surface area contributed by atoms with E-state index in [2.05, 4.69) is 17.1 Å². The molecule has 1 saturated carbocycles. The molecule has 2 bridgehead atoms. The summed E-state index contributed by atoms with van der Waals surface area (Å²) >= 11 is 0.